The van der Waals surface area contributed by atoms with Gasteiger partial charge >= 0.3 is 0 Å². The maximum Gasteiger partial charge on any atom is 0.147 e. The monoisotopic (exact) mass is 361 g/mol. The third-order valence-corrected chi connectivity index (χ3v) is 4.41. The van der Waals surface area contributed by atoms with E-state index in [9.17, 15) is 20.1 Å². The normalized spacial score (nSPS) is 16.4. The second-order valence-electron chi connectivity index (χ2n) is 4.88. The minimum atomic E-state index is -0.735. The summed E-state index contributed by atoms with van der Waals surface area (Å²) in [5.41, 5.74) is 1.67. The number of nitrogens with zero attached hydrogens (tertiary/aromatic N) is 1. The van der Waals surface area contributed by atoms with Crippen LogP contribution in [0.15, 0.2) is 41.0 Å². The van der Waals surface area contributed by atoms with E-state index in [1.54, 1.807) is 29.3 Å². The Kier molecular flexibility index (Phi) is 3.54. The fourth-order valence-electron chi connectivity index (χ4n) is 2.53. The lowest BCUT2D eigenvalue weighted by atomic mass is 9.95. The highest BCUT2D eigenvalue weighted by Gasteiger charge is 2.29. The molecule has 1 aliphatic heterocycles. The fraction of sp³-hybridized carbons (Fsp3) is 0.0625. The number of aromatic hydroxyl groups is 3. The number of phenols is 3. The lowest BCUT2D eigenvalue weighted by molar-refractivity contribution is -0.109. The largest absolute Gasteiger partial charge is 0.508 e. The molecule has 3 rings (SSSR count). The first-order valence-corrected chi connectivity index (χ1v) is 7.27. The first-order valence-electron chi connectivity index (χ1n) is 6.48. The van der Waals surface area contributed by atoms with E-state index >= 15 is 0 Å². The van der Waals surface area contributed by atoms with Crippen molar-refractivity contribution in [1.82, 2.24) is 0 Å². The van der Waals surface area contributed by atoms with Crippen molar-refractivity contribution in [1.29, 1.82) is 0 Å². The number of aldehydes is 1. The lowest BCUT2D eigenvalue weighted by Crippen LogP contribution is -2.27. The Morgan fingerprint density at radius 1 is 1.09 bits per heavy atom. The van der Waals surface area contributed by atoms with Crippen LogP contribution in [-0.2, 0) is 4.79 Å². The van der Waals surface area contributed by atoms with Crippen LogP contribution in [0, 0.1) is 0 Å². The quantitative estimate of drug-likeness (QED) is 0.715. The predicted octanol–water partition coefficient (Wildman–Crippen LogP) is 3.30. The smallest absolute Gasteiger partial charge is 0.147 e. The van der Waals surface area contributed by atoms with Gasteiger partial charge in [0.1, 0.15) is 29.6 Å². The molecule has 0 amide bonds. The third kappa shape index (κ3) is 2.21. The van der Waals surface area contributed by atoms with Crippen LogP contribution in [0.2, 0.25) is 0 Å². The van der Waals surface area contributed by atoms with Gasteiger partial charge < -0.3 is 25.0 Å². The molecule has 5 nitrogen and oxygen atoms in total. The Labute approximate surface area is 134 Å². The lowest BCUT2D eigenvalue weighted by Gasteiger charge is -2.32. The van der Waals surface area contributed by atoms with E-state index in [1.165, 1.54) is 18.2 Å². The van der Waals surface area contributed by atoms with E-state index in [0.29, 0.717) is 21.3 Å². The van der Waals surface area contributed by atoms with Crippen LogP contribution in [0.4, 0.5) is 5.69 Å². The van der Waals surface area contributed by atoms with Crippen molar-refractivity contribution < 1.29 is 20.1 Å². The van der Waals surface area contributed by atoms with Crippen molar-refractivity contribution in [2.45, 2.75) is 6.04 Å². The molecule has 0 spiro atoms. The van der Waals surface area contributed by atoms with Crippen LogP contribution in [0.1, 0.15) is 17.2 Å². The van der Waals surface area contributed by atoms with Gasteiger partial charge in [-0.25, -0.2) is 0 Å². The minimum absolute atomic E-state index is 0.0939. The molecule has 6 heteroatoms. The first-order chi connectivity index (χ1) is 10.5. The van der Waals surface area contributed by atoms with Crippen molar-refractivity contribution in [2.75, 3.05) is 4.90 Å². The number of carbonyl (C=O) groups excluding carboxylic acids is 1. The molecule has 0 aliphatic carbocycles. The van der Waals surface area contributed by atoms with Crippen molar-refractivity contribution in [3.05, 3.63) is 52.1 Å². The number of carbonyl (C=O) groups is 1. The molecular formula is C16H12BrNO4. The minimum Gasteiger partial charge on any atom is -0.508 e. The highest BCUT2D eigenvalue weighted by molar-refractivity contribution is 9.10. The highest BCUT2D eigenvalue weighted by Crippen LogP contribution is 2.44. The van der Waals surface area contributed by atoms with Gasteiger partial charge in [0, 0.05) is 29.1 Å². The molecular weight excluding hydrogens is 350 g/mol. The molecule has 22 heavy (non-hydrogen) atoms. The summed E-state index contributed by atoms with van der Waals surface area (Å²) < 4.78 is 0.425. The zero-order valence-corrected chi connectivity index (χ0v) is 12.9. The summed E-state index contributed by atoms with van der Waals surface area (Å²) in [6.45, 7) is 0. The van der Waals surface area contributed by atoms with Crippen molar-refractivity contribution >= 4 is 34.0 Å². The molecule has 1 heterocycles. The average Bonchev–Trinajstić information content (AvgIpc) is 2.52. The molecule has 1 aliphatic rings. The van der Waals surface area contributed by atoms with Crippen LogP contribution in [0.5, 0.6) is 17.2 Å². The Morgan fingerprint density at radius 2 is 1.77 bits per heavy atom. The second kappa shape index (κ2) is 5.38. The van der Waals surface area contributed by atoms with Crippen LogP contribution in [0.25, 0.3) is 6.08 Å². The third-order valence-electron chi connectivity index (χ3n) is 3.57. The maximum atomic E-state index is 11.6. The van der Waals surface area contributed by atoms with Gasteiger partial charge in [-0.2, -0.15) is 0 Å². The summed E-state index contributed by atoms with van der Waals surface area (Å²) in [5, 5.41) is 29.3. The Hall–Kier alpha value is -2.47. The zero-order valence-electron chi connectivity index (χ0n) is 11.3. The summed E-state index contributed by atoms with van der Waals surface area (Å²) in [4.78, 5) is 13.3. The molecule has 1 unspecified atom stereocenters. The standard InChI is InChI=1S/C16H12BrNO4/c17-16-11-5-6-18(9-1-3-10(20)4-2-9)12(8-19)15(11)13(21)7-14(16)22/h1-8,12,20-22H. The number of rotatable bonds is 2. The summed E-state index contributed by atoms with van der Waals surface area (Å²) >= 11 is 3.26. The van der Waals surface area contributed by atoms with Gasteiger partial charge in [0.2, 0.25) is 0 Å². The van der Waals surface area contributed by atoms with E-state index < -0.39 is 6.04 Å². The molecule has 0 bridgehead atoms. The first kappa shape index (κ1) is 14.5. The number of fused-ring (bicyclic) bond motifs is 1. The van der Waals surface area contributed by atoms with Gasteiger partial charge in [0.15, 0.2) is 0 Å². The van der Waals surface area contributed by atoms with Gasteiger partial charge in [0.05, 0.1) is 4.47 Å². The van der Waals surface area contributed by atoms with Crippen molar-refractivity contribution in [2.24, 2.45) is 0 Å². The number of anilines is 1. The van der Waals surface area contributed by atoms with Crippen LogP contribution in [-0.4, -0.2) is 21.6 Å². The number of halogens is 1. The summed E-state index contributed by atoms with van der Waals surface area (Å²) in [6.07, 6.45) is 4.11. The number of benzene rings is 2. The summed E-state index contributed by atoms with van der Waals surface area (Å²) in [5.74, 6) is -0.118. The molecule has 0 fully saturated rings. The van der Waals surface area contributed by atoms with Gasteiger partial charge in [0.25, 0.3) is 0 Å². The molecule has 0 saturated heterocycles. The van der Waals surface area contributed by atoms with Crippen LogP contribution in [0.3, 0.4) is 0 Å². The predicted molar refractivity (Wildman–Crippen MR) is 85.9 cm³/mol. The SMILES string of the molecule is O=CC1c2c(O)cc(O)c(Br)c2C=CN1c1ccc(O)cc1. The Bertz CT molecular complexity index is 771. The zero-order chi connectivity index (χ0) is 15.9. The van der Waals surface area contributed by atoms with Crippen LogP contribution >= 0.6 is 15.9 Å². The Morgan fingerprint density at radius 3 is 2.41 bits per heavy atom. The molecule has 112 valence electrons. The molecule has 1 atom stereocenters. The number of hydrogen-bond acceptors (Lipinski definition) is 5. The second-order valence-corrected chi connectivity index (χ2v) is 5.67. The van der Waals surface area contributed by atoms with E-state index in [1.807, 2.05) is 0 Å². The summed E-state index contributed by atoms with van der Waals surface area (Å²) in [7, 11) is 0. The van der Waals surface area contributed by atoms with E-state index in [4.69, 9.17) is 0 Å². The highest BCUT2D eigenvalue weighted by atomic mass is 79.9. The average molecular weight is 362 g/mol. The fourth-order valence-corrected chi connectivity index (χ4v) is 2.99. The van der Waals surface area contributed by atoms with Gasteiger partial charge in [-0.05, 0) is 46.3 Å². The molecule has 0 aromatic heterocycles. The van der Waals surface area contributed by atoms with Gasteiger partial charge in [-0.1, -0.05) is 0 Å². The molecule has 2 aromatic rings. The Balaban J connectivity index is 2.15. The van der Waals surface area contributed by atoms with Crippen LogP contribution < -0.4 is 4.90 Å². The maximum absolute atomic E-state index is 11.6. The van der Waals surface area contributed by atoms with E-state index in [-0.39, 0.29) is 17.2 Å². The van der Waals surface area contributed by atoms with Crippen molar-refractivity contribution in [3.8, 4) is 17.2 Å². The molecule has 0 radical (unpaired) electrons. The van der Waals surface area contributed by atoms with Gasteiger partial charge in [-0.15, -0.1) is 0 Å². The number of hydrogen-bond donors (Lipinski definition) is 3. The summed E-state index contributed by atoms with van der Waals surface area (Å²) in [6, 6.07) is 6.86. The topological polar surface area (TPSA) is 81.0 Å². The molecule has 0 saturated carbocycles. The molecule has 2 aromatic carbocycles. The van der Waals surface area contributed by atoms with Gasteiger partial charge in [-0.3, -0.25) is 0 Å². The van der Waals surface area contributed by atoms with E-state index in [2.05, 4.69) is 15.9 Å². The number of phenolic OH excluding ortho intramolecular Hbond substituents is 3. The molecule has 3 N–H and O–H groups in total. The van der Waals surface area contributed by atoms with E-state index in [0.717, 1.165) is 6.29 Å². The van der Waals surface area contributed by atoms with Crippen molar-refractivity contribution in [3.63, 3.8) is 0 Å².